The lowest BCUT2D eigenvalue weighted by Gasteiger charge is -2.25. The Hall–Kier alpha value is -7.28. The number of benzene rings is 11. The van der Waals surface area contributed by atoms with E-state index in [0.29, 0.717) is 0 Å². The van der Waals surface area contributed by atoms with Crippen molar-refractivity contribution in [3.05, 3.63) is 217 Å². The summed E-state index contributed by atoms with van der Waals surface area (Å²) < 4.78 is 0. The first-order valence-corrected chi connectivity index (χ1v) is 20.8. The van der Waals surface area contributed by atoms with Crippen molar-refractivity contribution in [2.45, 2.75) is 19.3 Å². The monoisotopic (exact) mass is 748 g/mol. The van der Waals surface area contributed by atoms with E-state index in [9.17, 15) is 0 Å². The molecule has 1 aliphatic carbocycles. The summed E-state index contributed by atoms with van der Waals surface area (Å²) in [6, 6.07) is 76.8. The lowest BCUT2D eigenvalue weighted by molar-refractivity contribution is 0.662. The average Bonchev–Trinajstić information content (AvgIpc) is 3.54. The topological polar surface area (TPSA) is 0 Å². The first-order valence-electron chi connectivity index (χ1n) is 20.8. The molecule has 0 heteroatoms. The maximum absolute atomic E-state index is 2.39. The predicted molar refractivity (Wildman–Crippen MR) is 253 cm³/mol. The quantitative estimate of drug-likeness (QED) is 0.124. The molecule has 0 N–H and O–H groups in total. The van der Waals surface area contributed by atoms with Crippen LogP contribution >= 0.6 is 0 Å². The van der Waals surface area contributed by atoms with Crippen molar-refractivity contribution < 1.29 is 0 Å². The van der Waals surface area contributed by atoms with Crippen molar-refractivity contribution in [2.24, 2.45) is 0 Å². The Morgan fingerprint density at radius 2 is 0.712 bits per heavy atom. The highest BCUT2D eigenvalue weighted by molar-refractivity contribution is 6.21. The Bertz CT molecular complexity index is 3430. The van der Waals surface area contributed by atoms with Gasteiger partial charge in [0, 0.05) is 5.41 Å². The molecule has 0 aliphatic heterocycles. The van der Waals surface area contributed by atoms with E-state index in [-0.39, 0.29) is 5.41 Å². The summed E-state index contributed by atoms with van der Waals surface area (Å²) in [5.74, 6) is 0. The summed E-state index contributed by atoms with van der Waals surface area (Å²) in [5, 5.41) is 12.8. The lowest BCUT2D eigenvalue weighted by Crippen LogP contribution is -2.16. The van der Waals surface area contributed by atoms with E-state index in [1.807, 2.05) is 0 Å². The minimum absolute atomic E-state index is 0.117. The minimum atomic E-state index is -0.117. The van der Waals surface area contributed by atoms with Crippen molar-refractivity contribution >= 4 is 53.9 Å². The van der Waals surface area contributed by atoms with Crippen LogP contribution in [0.4, 0.5) is 0 Å². The molecule has 0 fully saturated rings. The molecule has 11 aromatic carbocycles. The van der Waals surface area contributed by atoms with Crippen LogP contribution in [0, 0.1) is 0 Å². The molecule has 0 aromatic heterocycles. The van der Waals surface area contributed by atoms with Gasteiger partial charge in [-0.05, 0) is 127 Å². The van der Waals surface area contributed by atoms with E-state index < -0.39 is 0 Å². The molecule has 276 valence electrons. The van der Waals surface area contributed by atoms with Crippen LogP contribution in [0.1, 0.15) is 25.0 Å². The molecule has 11 aromatic rings. The smallest absolute Gasteiger partial charge is 0.0165 e. The molecule has 12 rings (SSSR count). The van der Waals surface area contributed by atoms with Crippen LogP contribution in [0.3, 0.4) is 0 Å². The summed E-state index contributed by atoms with van der Waals surface area (Å²) >= 11 is 0. The minimum Gasteiger partial charge on any atom is -0.0616 e. The van der Waals surface area contributed by atoms with Gasteiger partial charge in [0.2, 0.25) is 0 Å². The maximum Gasteiger partial charge on any atom is 0.0165 e. The number of fused-ring (bicyclic) bond motifs is 10. The van der Waals surface area contributed by atoms with E-state index in [1.54, 1.807) is 0 Å². The van der Waals surface area contributed by atoms with Gasteiger partial charge in [0.1, 0.15) is 0 Å². The number of rotatable bonds is 4. The SMILES string of the molecule is CC1(C)c2ccc3ccccc3c2-c2cccc(-c3ccc(-c4c5ccccc5c(-c5ccc(-c6cc7ccccc7c7ccccc67)cc5)c5ccccc45)cc3)c21. The van der Waals surface area contributed by atoms with Crippen molar-refractivity contribution in [2.75, 3.05) is 0 Å². The molecule has 1 aliphatic rings. The molecule has 59 heavy (non-hydrogen) atoms. The molecule has 0 heterocycles. The average molecular weight is 749 g/mol. The highest BCUT2D eigenvalue weighted by Crippen LogP contribution is 2.54. The molecule has 0 spiro atoms. The fraction of sp³-hybridized carbons (Fsp3) is 0.0508. The Morgan fingerprint density at radius 1 is 0.271 bits per heavy atom. The zero-order valence-electron chi connectivity index (χ0n) is 33.1. The summed E-state index contributed by atoms with van der Waals surface area (Å²) in [6.07, 6.45) is 0. The summed E-state index contributed by atoms with van der Waals surface area (Å²) in [7, 11) is 0. The summed E-state index contributed by atoms with van der Waals surface area (Å²) in [4.78, 5) is 0. The lowest BCUT2D eigenvalue weighted by atomic mass is 9.78. The van der Waals surface area contributed by atoms with Crippen LogP contribution in [0.2, 0.25) is 0 Å². The fourth-order valence-corrected chi connectivity index (χ4v) is 10.6. The van der Waals surface area contributed by atoms with E-state index >= 15 is 0 Å². The predicted octanol–water partition coefficient (Wildman–Crippen LogP) is 16.4. The first kappa shape index (κ1) is 33.8. The molecule has 0 atom stereocenters. The molecule has 0 saturated carbocycles. The molecule has 0 bridgehead atoms. The van der Waals surface area contributed by atoms with Gasteiger partial charge in [-0.2, -0.15) is 0 Å². The Morgan fingerprint density at radius 3 is 1.31 bits per heavy atom. The van der Waals surface area contributed by atoms with Crippen molar-refractivity contribution in [1.82, 2.24) is 0 Å². The van der Waals surface area contributed by atoms with Gasteiger partial charge in [-0.25, -0.2) is 0 Å². The van der Waals surface area contributed by atoms with Crippen LogP contribution in [-0.4, -0.2) is 0 Å². The zero-order valence-corrected chi connectivity index (χ0v) is 33.1. The van der Waals surface area contributed by atoms with Crippen LogP contribution in [0.15, 0.2) is 206 Å². The van der Waals surface area contributed by atoms with Crippen molar-refractivity contribution in [3.8, 4) is 55.6 Å². The Balaban J connectivity index is 0.979. The van der Waals surface area contributed by atoms with Crippen LogP contribution in [0.25, 0.3) is 109 Å². The van der Waals surface area contributed by atoms with Gasteiger partial charge in [-0.15, -0.1) is 0 Å². The van der Waals surface area contributed by atoms with E-state index in [2.05, 4.69) is 220 Å². The summed E-state index contributed by atoms with van der Waals surface area (Å²) in [6.45, 7) is 4.78. The van der Waals surface area contributed by atoms with Gasteiger partial charge in [-0.3, -0.25) is 0 Å². The summed E-state index contributed by atoms with van der Waals surface area (Å²) in [5.41, 5.74) is 15.5. The second-order valence-electron chi connectivity index (χ2n) is 16.7. The van der Waals surface area contributed by atoms with Gasteiger partial charge in [0.15, 0.2) is 0 Å². The number of hydrogen-bond donors (Lipinski definition) is 0. The third-order valence-electron chi connectivity index (χ3n) is 13.2. The highest BCUT2D eigenvalue weighted by Gasteiger charge is 2.38. The Kier molecular flexibility index (Phi) is 7.38. The first-order chi connectivity index (χ1) is 29.0. The zero-order chi connectivity index (χ0) is 39.2. The van der Waals surface area contributed by atoms with Crippen molar-refractivity contribution in [3.63, 3.8) is 0 Å². The van der Waals surface area contributed by atoms with E-state index in [1.165, 1.54) is 121 Å². The fourth-order valence-electron chi connectivity index (χ4n) is 10.6. The third-order valence-corrected chi connectivity index (χ3v) is 13.2. The van der Waals surface area contributed by atoms with Crippen LogP contribution in [-0.2, 0) is 5.41 Å². The number of hydrogen-bond acceptors (Lipinski definition) is 0. The van der Waals surface area contributed by atoms with Crippen LogP contribution < -0.4 is 0 Å². The third kappa shape index (κ3) is 5.03. The van der Waals surface area contributed by atoms with Gasteiger partial charge < -0.3 is 0 Å². The second-order valence-corrected chi connectivity index (χ2v) is 16.7. The van der Waals surface area contributed by atoms with Gasteiger partial charge >= 0.3 is 0 Å². The standard InChI is InChI=1S/C59H40/c1-59(2)54-35-34-37-14-3-6-17-44(37)57(54)52-25-13-24-45(58(52)59)38-26-30-40(31-27-38)55-48-20-9-11-22-50(48)56(51-23-12-10-21-49(51)55)41-32-28-39(29-33-41)53-36-42-15-4-5-16-43(42)46-18-7-8-19-47(46)53/h3-36H,1-2H3. The largest absolute Gasteiger partial charge is 0.0616 e. The van der Waals surface area contributed by atoms with Gasteiger partial charge in [-0.1, -0.05) is 214 Å². The Labute approximate surface area is 344 Å². The van der Waals surface area contributed by atoms with Crippen LogP contribution in [0.5, 0.6) is 0 Å². The van der Waals surface area contributed by atoms with Gasteiger partial charge in [0.25, 0.3) is 0 Å². The van der Waals surface area contributed by atoms with E-state index in [0.717, 1.165) is 0 Å². The van der Waals surface area contributed by atoms with Crippen molar-refractivity contribution in [1.29, 1.82) is 0 Å². The normalized spacial score (nSPS) is 13.1. The molecule has 0 saturated heterocycles. The van der Waals surface area contributed by atoms with E-state index in [4.69, 9.17) is 0 Å². The second kappa shape index (κ2) is 12.9. The maximum atomic E-state index is 2.39. The molecule has 0 radical (unpaired) electrons. The molecule has 0 unspecified atom stereocenters. The van der Waals surface area contributed by atoms with Gasteiger partial charge in [0.05, 0.1) is 0 Å². The highest BCUT2D eigenvalue weighted by atomic mass is 14.4. The molecular weight excluding hydrogens is 709 g/mol. The molecule has 0 nitrogen and oxygen atoms in total. The molecule has 0 amide bonds. The molecular formula is C59H40.